The number of nitrogens with one attached hydrogen (secondary N) is 1. The molecule has 4 N–H and O–H groups in total. The van der Waals surface area contributed by atoms with Crippen LogP contribution in [0.25, 0.3) is 11.3 Å². The summed E-state index contributed by atoms with van der Waals surface area (Å²) < 4.78 is 1.64. The summed E-state index contributed by atoms with van der Waals surface area (Å²) in [6, 6.07) is 7.88. The minimum absolute atomic E-state index is 0.0230. The number of amides is 1. The van der Waals surface area contributed by atoms with Gasteiger partial charge in [-0.15, -0.1) is 0 Å². The summed E-state index contributed by atoms with van der Waals surface area (Å²) in [7, 11) is 0. The summed E-state index contributed by atoms with van der Waals surface area (Å²) in [5, 5.41) is 16.3. The van der Waals surface area contributed by atoms with E-state index in [1.807, 2.05) is 24.3 Å². The lowest BCUT2D eigenvalue weighted by Gasteiger charge is -2.15. The van der Waals surface area contributed by atoms with Gasteiger partial charge >= 0.3 is 0 Å². The fraction of sp³-hybridized carbons (Fsp3) is 0.286. The highest BCUT2D eigenvalue weighted by Gasteiger charge is 2.24. The molecule has 1 unspecified atom stereocenters. The van der Waals surface area contributed by atoms with Gasteiger partial charge in [-0.2, -0.15) is 5.10 Å². The van der Waals surface area contributed by atoms with E-state index in [0.717, 1.165) is 47.3 Å². The van der Waals surface area contributed by atoms with E-state index in [-0.39, 0.29) is 18.4 Å². The molecule has 0 fully saturated rings. The number of carbonyl (C=O) groups is 1. The minimum Gasteiger partial charge on any atom is -0.394 e. The number of nitrogens with two attached hydrogens (primary N) is 1. The van der Waals surface area contributed by atoms with E-state index in [1.54, 1.807) is 23.3 Å². The van der Waals surface area contributed by atoms with Crippen molar-refractivity contribution in [1.82, 2.24) is 19.7 Å². The zero-order chi connectivity index (χ0) is 20.2. The van der Waals surface area contributed by atoms with Gasteiger partial charge in [0.05, 0.1) is 36.6 Å². The minimum atomic E-state index is -0.288. The second-order valence-electron chi connectivity index (χ2n) is 7.04. The van der Waals surface area contributed by atoms with Gasteiger partial charge in [-0.3, -0.25) is 9.48 Å². The standard InChI is InChI=1S/C21H23N6O2/c22-20(29)17-4-2-1-3-14-5-6-15(11-18(14)17)19-7-8-23-21(26-19)25-16-12-24-27(13-16)9-10-28/h3,5-8,11-13,17,28H,1-2,4,9-10H2,(H2,22,29)(H,23,25,26). The molecule has 0 aliphatic heterocycles. The maximum atomic E-state index is 12.0. The van der Waals surface area contributed by atoms with Crippen molar-refractivity contribution in [2.24, 2.45) is 5.73 Å². The molecule has 1 aliphatic rings. The number of primary amides is 1. The molecule has 1 aliphatic carbocycles. The molecule has 0 spiro atoms. The Hall–Kier alpha value is -3.26. The van der Waals surface area contributed by atoms with Crippen molar-refractivity contribution in [3.05, 3.63) is 60.4 Å². The number of carbonyl (C=O) groups excluding carboxylic acids is 1. The number of aromatic nitrogens is 4. The predicted octanol–water partition coefficient (Wildman–Crippen LogP) is 2.38. The summed E-state index contributed by atoms with van der Waals surface area (Å²) in [5.74, 6) is -0.122. The first-order chi connectivity index (χ1) is 14.1. The number of anilines is 2. The Morgan fingerprint density at radius 1 is 1.34 bits per heavy atom. The number of fused-ring (bicyclic) bond motifs is 1. The van der Waals surface area contributed by atoms with Crippen molar-refractivity contribution in [3.8, 4) is 11.3 Å². The summed E-state index contributed by atoms with van der Waals surface area (Å²) in [4.78, 5) is 20.8. The molecule has 0 saturated carbocycles. The van der Waals surface area contributed by atoms with E-state index < -0.39 is 0 Å². The van der Waals surface area contributed by atoms with Gasteiger partial charge in [-0.05, 0) is 42.5 Å². The largest absolute Gasteiger partial charge is 0.394 e. The second-order valence-corrected chi connectivity index (χ2v) is 7.04. The molecule has 8 heteroatoms. The van der Waals surface area contributed by atoms with E-state index in [4.69, 9.17) is 10.8 Å². The summed E-state index contributed by atoms with van der Waals surface area (Å²) in [5.41, 5.74) is 10.1. The van der Waals surface area contributed by atoms with Crippen molar-refractivity contribution in [3.63, 3.8) is 0 Å². The number of nitrogens with zero attached hydrogens (tertiary/aromatic N) is 4. The lowest BCUT2D eigenvalue weighted by molar-refractivity contribution is -0.119. The number of rotatable bonds is 6. The quantitative estimate of drug-likeness (QED) is 0.555. The molecule has 1 amide bonds. The zero-order valence-electron chi connectivity index (χ0n) is 16.0. The van der Waals surface area contributed by atoms with E-state index in [9.17, 15) is 4.79 Å². The average molecular weight is 391 g/mol. The van der Waals surface area contributed by atoms with Crippen LogP contribution in [-0.4, -0.2) is 37.4 Å². The van der Waals surface area contributed by atoms with Gasteiger partial charge < -0.3 is 16.2 Å². The Morgan fingerprint density at radius 3 is 3.07 bits per heavy atom. The molecule has 149 valence electrons. The van der Waals surface area contributed by atoms with Crippen LogP contribution in [-0.2, 0) is 11.3 Å². The zero-order valence-corrected chi connectivity index (χ0v) is 16.0. The number of aliphatic hydroxyl groups is 1. The maximum Gasteiger partial charge on any atom is 0.227 e. The number of hydrogen-bond donors (Lipinski definition) is 3. The van der Waals surface area contributed by atoms with Crippen LogP contribution in [0, 0.1) is 6.42 Å². The molecule has 1 radical (unpaired) electrons. The molecular weight excluding hydrogens is 368 g/mol. The van der Waals surface area contributed by atoms with Gasteiger partial charge in [0.25, 0.3) is 0 Å². The van der Waals surface area contributed by atoms with Gasteiger partial charge in [0.1, 0.15) is 0 Å². The summed E-state index contributed by atoms with van der Waals surface area (Å²) in [6.45, 7) is 0.449. The van der Waals surface area contributed by atoms with E-state index in [0.29, 0.717) is 12.5 Å². The van der Waals surface area contributed by atoms with Crippen molar-refractivity contribution in [2.75, 3.05) is 11.9 Å². The highest BCUT2D eigenvalue weighted by Crippen LogP contribution is 2.34. The molecule has 4 rings (SSSR count). The third kappa shape index (κ3) is 4.27. The molecular formula is C21H23N6O2. The third-order valence-corrected chi connectivity index (χ3v) is 5.04. The van der Waals surface area contributed by atoms with Crippen LogP contribution >= 0.6 is 0 Å². The first-order valence-corrected chi connectivity index (χ1v) is 9.64. The van der Waals surface area contributed by atoms with Crippen molar-refractivity contribution in [2.45, 2.75) is 31.7 Å². The van der Waals surface area contributed by atoms with Gasteiger partial charge in [-0.1, -0.05) is 18.6 Å². The molecule has 0 saturated heterocycles. The highest BCUT2D eigenvalue weighted by molar-refractivity contribution is 5.83. The summed E-state index contributed by atoms with van der Waals surface area (Å²) >= 11 is 0. The fourth-order valence-corrected chi connectivity index (χ4v) is 3.61. The lowest BCUT2D eigenvalue weighted by Crippen LogP contribution is -2.21. The average Bonchev–Trinajstić information content (AvgIpc) is 3.04. The Morgan fingerprint density at radius 2 is 2.24 bits per heavy atom. The predicted molar refractivity (Wildman–Crippen MR) is 109 cm³/mol. The Balaban J connectivity index is 1.61. The molecule has 2 heterocycles. The van der Waals surface area contributed by atoms with Crippen LogP contribution in [0.5, 0.6) is 0 Å². The Bertz CT molecular complexity index is 1020. The van der Waals surface area contributed by atoms with Crippen LogP contribution in [0.3, 0.4) is 0 Å². The molecule has 1 atom stereocenters. The maximum absolute atomic E-state index is 12.0. The van der Waals surface area contributed by atoms with Gasteiger partial charge in [-0.25, -0.2) is 9.97 Å². The van der Waals surface area contributed by atoms with Gasteiger partial charge in [0.2, 0.25) is 11.9 Å². The smallest absolute Gasteiger partial charge is 0.227 e. The SMILES string of the molecule is NC(=O)C1CCC[CH]c2ccc(-c3ccnc(Nc4cnn(CCO)c4)n3)cc21. The third-order valence-electron chi connectivity index (χ3n) is 5.04. The van der Waals surface area contributed by atoms with E-state index in [1.165, 1.54) is 0 Å². The molecule has 2 aromatic heterocycles. The number of aliphatic hydroxyl groups excluding tert-OH is 1. The second kappa shape index (κ2) is 8.40. The van der Waals surface area contributed by atoms with Crippen molar-refractivity contribution < 1.29 is 9.90 Å². The first kappa shape index (κ1) is 19.1. The monoisotopic (exact) mass is 391 g/mol. The fourth-order valence-electron chi connectivity index (χ4n) is 3.61. The molecule has 3 aromatic rings. The van der Waals surface area contributed by atoms with Crippen LogP contribution in [0.2, 0.25) is 0 Å². The number of benzene rings is 1. The van der Waals surface area contributed by atoms with Crippen LogP contribution in [0.4, 0.5) is 11.6 Å². The highest BCUT2D eigenvalue weighted by atomic mass is 16.3. The van der Waals surface area contributed by atoms with Crippen LogP contribution in [0.1, 0.15) is 36.3 Å². The molecule has 0 bridgehead atoms. The lowest BCUT2D eigenvalue weighted by atomic mass is 9.90. The topological polar surface area (TPSA) is 119 Å². The normalized spacial score (nSPS) is 16.1. The van der Waals surface area contributed by atoms with Gasteiger partial charge in [0.15, 0.2) is 0 Å². The Kier molecular flexibility index (Phi) is 5.53. The van der Waals surface area contributed by atoms with Crippen LogP contribution < -0.4 is 11.1 Å². The number of hydrogen-bond acceptors (Lipinski definition) is 6. The van der Waals surface area contributed by atoms with Gasteiger partial charge in [0, 0.05) is 18.0 Å². The van der Waals surface area contributed by atoms with Crippen molar-refractivity contribution >= 4 is 17.5 Å². The molecule has 1 aromatic carbocycles. The van der Waals surface area contributed by atoms with E-state index in [2.05, 4.69) is 26.8 Å². The molecule has 8 nitrogen and oxygen atoms in total. The Labute approximate surface area is 168 Å². The van der Waals surface area contributed by atoms with Crippen molar-refractivity contribution in [1.29, 1.82) is 0 Å². The van der Waals surface area contributed by atoms with Crippen LogP contribution in [0.15, 0.2) is 42.9 Å². The summed E-state index contributed by atoms with van der Waals surface area (Å²) in [6.07, 6.45) is 9.94. The molecule has 29 heavy (non-hydrogen) atoms. The van der Waals surface area contributed by atoms with E-state index >= 15 is 0 Å². The first-order valence-electron chi connectivity index (χ1n) is 9.64.